The minimum absolute atomic E-state index is 0.0371. The Hall–Kier alpha value is -3.40. The largest absolute Gasteiger partial charge is 0.388 e. The molecule has 0 aliphatic heterocycles. The minimum Gasteiger partial charge on any atom is -0.388 e. The fourth-order valence-electron chi connectivity index (χ4n) is 4.63. The van der Waals surface area contributed by atoms with E-state index in [0.717, 1.165) is 6.07 Å². The first kappa shape index (κ1) is 24.3. The van der Waals surface area contributed by atoms with Crippen LogP contribution in [0, 0.1) is 11.9 Å². The van der Waals surface area contributed by atoms with Gasteiger partial charge in [-0.3, -0.25) is 4.72 Å². The predicted octanol–water partition coefficient (Wildman–Crippen LogP) is 6.04. The summed E-state index contributed by atoms with van der Waals surface area (Å²) in [6, 6.07) is 10.1. The standard InChI is InChI=1S/C26H20ClF2N3O3S/c1-13(2)24-21(32-36(34,35)23-11-16(27)10-18-17(23)4-8-22(18)33)7-5-19(28)25(24)14-3-6-20-15(9-14)12-30-26(29)31-20/h3,5-7,9-12,22,32-33H,1,4,8H2,2H3. The molecular formula is C26H20ClF2N3O3S. The van der Waals surface area contributed by atoms with Gasteiger partial charge in [0.1, 0.15) is 5.82 Å². The molecule has 1 atom stereocenters. The molecule has 1 aliphatic carbocycles. The highest BCUT2D eigenvalue weighted by molar-refractivity contribution is 7.92. The van der Waals surface area contributed by atoms with Gasteiger partial charge in [0.15, 0.2) is 0 Å². The number of aliphatic hydroxyl groups excluding tert-OH is 1. The van der Waals surface area contributed by atoms with E-state index in [0.29, 0.717) is 46.0 Å². The molecule has 0 saturated heterocycles. The lowest BCUT2D eigenvalue weighted by Gasteiger charge is -2.19. The molecule has 10 heteroatoms. The van der Waals surface area contributed by atoms with Crippen molar-refractivity contribution in [1.29, 1.82) is 0 Å². The van der Waals surface area contributed by atoms with Crippen molar-refractivity contribution < 1.29 is 22.3 Å². The number of aromatic nitrogens is 2. The monoisotopic (exact) mass is 527 g/mol. The SMILES string of the molecule is C=C(C)c1c(NS(=O)(=O)c2cc(Cl)cc3c2CCC3O)ccc(F)c1-c1ccc2nc(F)ncc2c1. The second-order valence-corrected chi connectivity index (χ2v) is 10.8. The molecule has 0 fully saturated rings. The number of anilines is 1. The van der Waals surface area contributed by atoms with Gasteiger partial charge in [-0.2, -0.15) is 4.39 Å². The van der Waals surface area contributed by atoms with E-state index in [4.69, 9.17) is 11.6 Å². The Bertz CT molecular complexity index is 1680. The second kappa shape index (κ2) is 8.92. The third-order valence-corrected chi connectivity index (χ3v) is 7.84. The fraction of sp³-hybridized carbons (Fsp3) is 0.154. The molecule has 2 N–H and O–H groups in total. The average Bonchev–Trinajstić information content (AvgIpc) is 3.19. The normalized spacial score (nSPS) is 15.2. The van der Waals surface area contributed by atoms with Crippen LogP contribution in [0.1, 0.15) is 36.1 Å². The molecule has 1 heterocycles. The Morgan fingerprint density at radius 2 is 1.97 bits per heavy atom. The molecular weight excluding hydrogens is 508 g/mol. The first-order valence-corrected chi connectivity index (χ1v) is 12.9. The Morgan fingerprint density at radius 1 is 1.19 bits per heavy atom. The van der Waals surface area contributed by atoms with E-state index in [9.17, 15) is 17.9 Å². The number of allylic oxidation sites excluding steroid dienone is 1. The molecule has 1 aliphatic rings. The predicted molar refractivity (Wildman–Crippen MR) is 135 cm³/mol. The van der Waals surface area contributed by atoms with Crippen LogP contribution in [0.2, 0.25) is 5.02 Å². The van der Waals surface area contributed by atoms with Gasteiger partial charge in [0.25, 0.3) is 10.0 Å². The number of nitrogens with zero attached hydrogens (tertiary/aromatic N) is 2. The van der Waals surface area contributed by atoms with Crippen molar-refractivity contribution >= 4 is 43.8 Å². The van der Waals surface area contributed by atoms with Crippen molar-refractivity contribution in [2.24, 2.45) is 0 Å². The van der Waals surface area contributed by atoms with Crippen molar-refractivity contribution in [3.8, 4) is 11.1 Å². The van der Waals surface area contributed by atoms with Crippen LogP contribution in [0.4, 0.5) is 14.5 Å². The van der Waals surface area contributed by atoms with Gasteiger partial charge < -0.3 is 5.11 Å². The molecule has 0 amide bonds. The molecule has 36 heavy (non-hydrogen) atoms. The van der Waals surface area contributed by atoms with Crippen LogP contribution in [0.15, 0.2) is 60.1 Å². The lowest BCUT2D eigenvalue weighted by atomic mass is 9.93. The van der Waals surface area contributed by atoms with Gasteiger partial charge in [0, 0.05) is 27.7 Å². The summed E-state index contributed by atoms with van der Waals surface area (Å²) in [5, 5.41) is 10.9. The Kier molecular flexibility index (Phi) is 6.02. The van der Waals surface area contributed by atoms with Crippen LogP contribution in [0.25, 0.3) is 27.6 Å². The minimum atomic E-state index is -4.16. The van der Waals surface area contributed by atoms with Crippen molar-refractivity contribution in [1.82, 2.24) is 9.97 Å². The van der Waals surface area contributed by atoms with Crippen molar-refractivity contribution in [2.75, 3.05) is 4.72 Å². The van der Waals surface area contributed by atoms with E-state index in [2.05, 4.69) is 21.3 Å². The van der Waals surface area contributed by atoms with Gasteiger partial charge in [0.05, 0.1) is 22.2 Å². The Balaban J connectivity index is 1.65. The van der Waals surface area contributed by atoms with Crippen molar-refractivity contribution in [2.45, 2.75) is 30.8 Å². The summed E-state index contributed by atoms with van der Waals surface area (Å²) in [7, 11) is -4.16. The van der Waals surface area contributed by atoms with Gasteiger partial charge >= 0.3 is 6.08 Å². The summed E-state index contributed by atoms with van der Waals surface area (Å²) in [6.45, 7) is 5.58. The first-order valence-electron chi connectivity index (χ1n) is 11.0. The number of nitrogens with one attached hydrogen (secondary N) is 1. The Morgan fingerprint density at radius 3 is 2.72 bits per heavy atom. The quantitative estimate of drug-likeness (QED) is 0.309. The van der Waals surface area contributed by atoms with Crippen molar-refractivity contribution in [3.63, 3.8) is 0 Å². The first-order chi connectivity index (χ1) is 17.0. The maximum absolute atomic E-state index is 15.2. The van der Waals surface area contributed by atoms with Crippen LogP contribution >= 0.6 is 11.6 Å². The summed E-state index contributed by atoms with van der Waals surface area (Å²) in [6.07, 6.45) is 0.402. The lowest BCUT2D eigenvalue weighted by Crippen LogP contribution is -2.17. The number of sulfonamides is 1. The highest BCUT2D eigenvalue weighted by atomic mass is 35.5. The van der Waals surface area contributed by atoms with Crippen LogP contribution in [-0.4, -0.2) is 23.5 Å². The molecule has 184 valence electrons. The van der Waals surface area contributed by atoms with E-state index in [-0.39, 0.29) is 26.7 Å². The van der Waals surface area contributed by atoms with Crippen LogP contribution < -0.4 is 4.72 Å². The summed E-state index contributed by atoms with van der Waals surface area (Å²) in [4.78, 5) is 7.24. The van der Waals surface area contributed by atoms with Crippen LogP contribution in [0.5, 0.6) is 0 Å². The lowest BCUT2D eigenvalue weighted by molar-refractivity contribution is 0.180. The third kappa shape index (κ3) is 4.23. The summed E-state index contributed by atoms with van der Waals surface area (Å²) < 4.78 is 58.2. The zero-order valence-corrected chi connectivity index (χ0v) is 20.6. The van der Waals surface area contributed by atoms with Crippen molar-refractivity contribution in [3.05, 3.63) is 88.8 Å². The molecule has 1 aromatic heterocycles. The summed E-state index contributed by atoms with van der Waals surface area (Å²) >= 11 is 6.17. The number of rotatable bonds is 5. The maximum atomic E-state index is 15.2. The highest BCUT2D eigenvalue weighted by Crippen LogP contribution is 2.40. The van der Waals surface area contributed by atoms with E-state index in [1.54, 1.807) is 25.1 Å². The number of benzene rings is 3. The third-order valence-electron chi connectivity index (χ3n) is 6.19. The molecule has 0 radical (unpaired) electrons. The highest BCUT2D eigenvalue weighted by Gasteiger charge is 2.30. The van der Waals surface area contributed by atoms with Gasteiger partial charge in [-0.15, -0.1) is 0 Å². The molecule has 1 unspecified atom stereocenters. The van der Waals surface area contributed by atoms with E-state index >= 15 is 4.39 Å². The topological polar surface area (TPSA) is 92.2 Å². The smallest absolute Gasteiger partial charge is 0.309 e. The molecule has 0 saturated carbocycles. The molecule has 3 aromatic carbocycles. The number of fused-ring (bicyclic) bond motifs is 2. The molecule has 0 spiro atoms. The van der Waals surface area contributed by atoms with Gasteiger partial charge in [-0.05, 0) is 78.4 Å². The van der Waals surface area contributed by atoms with E-state index < -0.39 is 28.0 Å². The van der Waals surface area contributed by atoms with E-state index in [1.807, 2.05) is 0 Å². The summed E-state index contributed by atoms with van der Waals surface area (Å²) in [5.41, 5.74) is 2.68. The molecule has 6 nitrogen and oxygen atoms in total. The Labute approximate surface area is 211 Å². The number of aliphatic hydroxyl groups is 1. The maximum Gasteiger partial charge on any atom is 0.309 e. The molecule has 5 rings (SSSR count). The zero-order chi connectivity index (χ0) is 25.8. The molecule has 0 bridgehead atoms. The summed E-state index contributed by atoms with van der Waals surface area (Å²) in [5.74, 6) is -0.593. The average molecular weight is 528 g/mol. The number of halogens is 3. The fourth-order valence-corrected chi connectivity index (χ4v) is 6.31. The number of hydrogen-bond donors (Lipinski definition) is 2. The molecule has 4 aromatic rings. The second-order valence-electron chi connectivity index (χ2n) is 8.67. The van der Waals surface area contributed by atoms with E-state index in [1.165, 1.54) is 24.4 Å². The zero-order valence-electron chi connectivity index (χ0n) is 19.0. The number of hydrogen-bond acceptors (Lipinski definition) is 5. The van der Waals surface area contributed by atoms with Crippen LogP contribution in [0.3, 0.4) is 0 Å². The van der Waals surface area contributed by atoms with Crippen LogP contribution in [-0.2, 0) is 16.4 Å². The van der Waals surface area contributed by atoms with Gasteiger partial charge in [-0.25, -0.2) is 22.8 Å². The van der Waals surface area contributed by atoms with Gasteiger partial charge in [0.2, 0.25) is 0 Å². The van der Waals surface area contributed by atoms with Gasteiger partial charge in [-0.1, -0.05) is 24.2 Å².